The molecule has 0 unspecified atom stereocenters. The second-order valence-electron chi connectivity index (χ2n) is 4.88. The Bertz CT molecular complexity index is 181. The molecular weight excluding hydrogens is 172 g/mol. The van der Waals surface area contributed by atoms with Crippen LogP contribution in [-0.2, 0) is 0 Å². The van der Waals surface area contributed by atoms with Crippen molar-refractivity contribution in [1.29, 1.82) is 0 Å². The van der Waals surface area contributed by atoms with Crippen molar-refractivity contribution in [1.82, 2.24) is 4.90 Å². The van der Waals surface area contributed by atoms with Crippen molar-refractivity contribution in [2.45, 2.75) is 51.1 Å². The predicted molar refractivity (Wildman–Crippen MR) is 62.3 cm³/mol. The highest BCUT2D eigenvalue weighted by Gasteiger charge is 2.31. The molecule has 0 aromatic rings. The van der Waals surface area contributed by atoms with E-state index in [1.54, 1.807) is 0 Å². The zero-order chi connectivity index (χ0) is 10.6. The number of hydrogen-bond acceptors (Lipinski definition) is 2. The van der Waals surface area contributed by atoms with E-state index in [4.69, 9.17) is 5.73 Å². The first-order valence-electron chi connectivity index (χ1n) is 5.71. The molecule has 0 radical (unpaired) electrons. The molecule has 0 bridgehead atoms. The summed E-state index contributed by atoms with van der Waals surface area (Å²) in [5.74, 6) is 0. The van der Waals surface area contributed by atoms with Crippen LogP contribution in [0.1, 0.15) is 39.5 Å². The van der Waals surface area contributed by atoms with Crippen LogP contribution in [0.2, 0.25) is 0 Å². The van der Waals surface area contributed by atoms with E-state index in [1.165, 1.54) is 25.7 Å². The molecule has 0 atom stereocenters. The Morgan fingerprint density at radius 1 is 1.43 bits per heavy atom. The van der Waals surface area contributed by atoms with E-state index in [0.717, 1.165) is 13.1 Å². The molecule has 0 saturated heterocycles. The number of rotatable bonds is 5. The molecule has 0 spiro atoms. The Morgan fingerprint density at radius 2 is 2.00 bits per heavy atom. The predicted octanol–water partition coefficient (Wildman–Crippen LogP) is 2.15. The lowest BCUT2D eigenvalue weighted by Gasteiger charge is -2.34. The average Bonchev–Trinajstić information content (AvgIpc) is 2.51. The zero-order valence-corrected chi connectivity index (χ0v) is 9.63. The Morgan fingerprint density at radius 3 is 2.43 bits per heavy atom. The van der Waals surface area contributed by atoms with Gasteiger partial charge in [-0.3, -0.25) is 4.90 Å². The molecule has 2 heteroatoms. The number of hydrogen-bond donors (Lipinski definition) is 1. The van der Waals surface area contributed by atoms with Crippen molar-refractivity contribution in [3.63, 3.8) is 0 Å². The fourth-order valence-electron chi connectivity index (χ4n) is 2.27. The highest BCUT2D eigenvalue weighted by atomic mass is 15.2. The molecule has 14 heavy (non-hydrogen) atoms. The third-order valence-corrected chi connectivity index (χ3v) is 3.21. The van der Waals surface area contributed by atoms with Gasteiger partial charge in [-0.05, 0) is 26.7 Å². The van der Waals surface area contributed by atoms with Gasteiger partial charge in [0.15, 0.2) is 0 Å². The first kappa shape index (κ1) is 11.7. The third-order valence-electron chi connectivity index (χ3n) is 3.21. The summed E-state index contributed by atoms with van der Waals surface area (Å²) >= 11 is 0. The van der Waals surface area contributed by atoms with Crippen LogP contribution >= 0.6 is 0 Å². The minimum atomic E-state index is 0.0767. The van der Waals surface area contributed by atoms with Gasteiger partial charge >= 0.3 is 0 Å². The van der Waals surface area contributed by atoms with E-state index in [2.05, 4.69) is 25.3 Å². The zero-order valence-electron chi connectivity index (χ0n) is 9.63. The van der Waals surface area contributed by atoms with E-state index >= 15 is 0 Å². The lowest BCUT2D eigenvalue weighted by molar-refractivity contribution is 0.188. The molecule has 0 aliphatic heterocycles. The van der Waals surface area contributed by atoms with Crippen LogP contribution in [-0.4, -0.2) is 29.6 Å². The normalized spacial score (nSPS) is 20.6. The number of nitrogens with zero attached hydrogens (tertiary/aromatic N) is 1. The van der Waals surface area contributed by atoms with Gasteiger partial charge in [-0.15, -0.1) is 6.58 Å². The first-order valence-corrected chi connectivity index (χ1v) is 5.71. The Balaban J connectivity index is 2.49. The summed E-state index contributed by atoms with van der Waals surface area (Å²) in [6.07, 6.45) is 6.95. The SMILES string of the molecule is C=CCN(CC1(N)CCCC1)C(C)C. The van der Waals surface area contributed by atoms with Gasteiger partial charge in [-0.2, -0.15) is 0 Å². The summed E-state index contributed by atoms with van der Waals surface area (Å²) in [5, 5.41) is 0. The van der Waals surface area contributed by atoms with Crippen LogP contribution in [0.3, 0.4) is 0 Å². The molecular formula is C12H24N2. The highest BCUT2D eigenvalue weighted by Crippen LogP contribution is 2.28. The average molecular weight is 196 g/mol. The van der Waals surface area contributed by atoms with E-state index in [9.17, 15) is 0 Å². The van der Waals surface area contributed by atoms with Crippen LogP contribution in [0.25, 0.3) is 0 Å². The Kier molecular flexibility index (Phi) is 4.14. The standard InChI is InChI=1S/C12H24N2/c1-4-9-14(11(2)3)10-12(13)7-5-6-8-12/h4,11H,1,5-10,13H2,2-3H3. The lowest BCUT2D eigenvalue weighted by Crippen LogP contribution is -2.50. The molecule has 2 nitrogen and oxygen atoms in total. The van der Waals surface area contributed by atoms with Crippen molar-refractivity contribution in [3.8, 4) is 0 Å². The van der Waals surface area contributed by atoms with Crippen molar-refractivity contribution in [3.05, 3.63) is 12.7 Å². The van der Waals surface area contributed by atoms with Crippen molar-refractivity contribution >= 4 is 0 Å². The monoisotopic (exact) mass is 196 g/mol. The van der Waals surface area contributed by atoms with E-state index in [-0.39, 0.29) is 5.54 Å². The van der Waals surface area contributed by atoms with Gasteiger partial charge in [0.1, 0.15) is 0 Å². The molecule has 1 aliphatic carbocycles. The maximum Gasteiger partial charge on any atom is 0.0283 e. The molecule has 2 N–H and O–H groups in total. The van der Waals surface area contributed by atoms with Gasteiger partial charge in [0.05, 0.1) is 0 Å². The molecule has 1 rings (SSSR count). The van der Waals surface area contributed by atoms with Gasteiger partial charge in [0, 0.05) is 24.7 Å². The second kappa shape index (κ2) is 4.94. The van der Waals surface area contributed by atoms with Gasteiger partial charge in [-0.1, -0.05) is 18.9 Å². The quantitative estimate of drug-likeness (QED) is 0.683. The minimum Gasteiger partial charge on any atom is -0.324 e. The molecule has 0 aromatic heterocycles. The minimum absolute atomic E-state index is 0.0767. The summed E-state index contributed by atoms with van der Waals surface area (Å²) < 4.78 is 0. The molecule has 82 valence electrons. The summed E-state index contributed by atoms with van der Waals surface area (Å²) in [5.41, 5.74) is 6.43. The van der Waals surface area contributed by atoms with Crippen molar-refractivity contribution in [2.24, 2.45) is 5.73 Å². The summed E-state index contributed by atoms with van der Waals surface area (Å²) in [4.78, 5) is 2.42. The van der Waals surface area contributed by atoms with E-state index < -0.39 is 0 Å². The van der Waals surface area contributed by atoms with Crippen LogP contribution < -0.4 is 5.73 Å². The van der Waals surface area contributed by atoms with Crippen molar-refractivity contribution < 1.29 is 0 Å². The summed E-state index contributed by atoms with van der Waals surface area (Å²) in [7, 11) is 0. The van der Waals surface area contributed by atoms with Crippen LogP contribution in [0, 0.1) is 0 Å². The highest BCUT2D eigenvalue weighted by molar-refractivity contribution is 4.93. The molecule has 1 saturated carbocycles. The van der Waals surface area contributed by atoms with Crippen molar-refractivity contribution in [2.75, 3.05) is 13.1 Å². The molecule has 1 aliphatic rings. The summed E-state index contributed by atoms with van der Waals surface area (Å²) in [6.45, 7) is 10.2. The maximum atomic E-state index is 6.35. The van der Waals surface area contributed by atoms with Gasteiger partial charge in [-0.25, -0.2) is 0 Å². The van der Waals surface area contributed by atoms with Crippen LogP contribution in [0.4, 0.5) is 0 Å². The number of nitrogens with two attached hydrogens (primary N) is 1. The van der Waals surface area contributed by atoms with Gasteiger partial charge < -0.3 is 5.73 Å². The fourth-order valence-corrected chi connectivity index (χ4v) is 2.27. The van der Waals surface area contributed by atoms with Crippen LogP contribution in [0.15, 0.2) is 12.7 Å². The van der Waals surface area contributed by atoms with Gasteiger partial charge in [0.2, 0.25) is 0 Å². The largest absolute Gasteiger partial charge is 0.324 e. The van der Waals surface area contributed by atoms with E-state index in [1.807, 2.05) is 6.08 Å². The molecule has 0 amide bonds. The maximum absolute atomic E-state index is 6.35. The van der Waals surface area contributed by atoms with Gasteiger partial charge in [0.25, 0.3) is 0 Å². The van der Waals surface area contributed by atoms with E-state index in [0.29, 0.717) is 6.04 Å². The fraction of sp³-hybridized carbons (Fsp3) is 0.833. The summed E-state index contributed by atoms with van der Waals surface area (Å²) in [6, 6.07) is 0.564. The molecule has 0 aromatic carbocycles. The Labute approximate surface area is 88.2 Å². The second-order valence-corrected chi connectivity index (χ2v) is 4.88. The van der Waals surface area contributed by atoms with Crippen LogP contribution in [0.5, 0.6) is 0 Å². The first-order chi connectivity index (χ1) is 6.57. The lowest BCUT2D eigenvalue weighted by atomic mass is 9.98. The third kappa shape index (κ3) is 3.10. The smallest absolute Gasteiger partial charge is 0.0283 e. The molecule has 1 fully saturated rings. The topological polar surface area (TPSA) is 29.3 Å². The molecule has 0 heterocycles. The Hall–Kier alpha value is -0.340.